The maximum Gasteiger partial charge on any atom is 0.174 e. The maximum absolute atomic E-state index is 12.1. The van der Waals surface area contributed by atoms with Crippen molar-refractivity contribution in [3.8, 4) is 0 Å². The predicted molar refractivity (Wildman–Crippen MR) is 72.6 cm³/mol. The molecule has 2 aromatic rings. The van der Waals surface area contributed by atoms with E-state index in [2.05, 4.69) is 0 Å². The molecular weight excluding hydrogens is 240 g/mol. The molecule has 0 spiro atoms. The minimum absolute atomic E-state index is 0.122. The molecule has 0 saturated heterocycles. The van der Waals surface area contributed by atoms with Crippen LogP contribution >= 0.6 is 0 Å². The van der Waals surface area contributed by atoms with Crippen molar-refractivity contribution in [1.29, 1.82) is 0 Å². The summed E-state index contributed by atoms with van der Waals surface area (Å²) in [6.45, 7) is 5.66. The van der Waals surface area contributed by atoms with Gasteiger partial charge in [0.1, 0.15) is 5.76 Å². The summed E-state index contributed by atoms with van der Waals surface area (Å²) in [5.41, 5.74) is 3.25. The first-order valence-corrected chi connectivity index (χ1v) is 6.17. The molecule has 0 saturated carbocycles. The van der Waals surface area contributed by atoms with Gasteiger partial charge in [-0.15, -0.1) is 0 Å². The highest BCUT2D eigenvalue weighted by Gasteiger charge is 2.17. The predicted octanol–water partition coefficient (Wildman–Crippen LogP) is 3.66. The van der Waals surface area contributed by atoms with Crippen molar-refractivity contribution in [3.05, 3.63) is 58.5 Å². The van der Waals surface area contributed by atoms with E-state index < -0.39 is 0 Å². The molecule has 0 N–H and O–H groups in total. The molecule has 0 atom stereocenters. The first kappa shape index (κ1) is 13.3. The second-order valence-corrected chi connectivity index (χ2v) is 4.71. The number of aryl methyl sites for hydroxylation is 3. The van der Waals surface area contributed by atoms with Crippen LogP contribution < -0.4 is 0 Å². The van der Waals surface area contributed by atoms with Crippen LogP contribution in [0.15, 0.2) is 34.9 Å². The molecule has 0 amide bonds. The number of hydrogen-bond donors (Lipinski definition) is 0. The SMILES string of the molecule is Cc1ccc(C(=O)CC(=O)c2ccoc2C)cc1C. The van der Waals surface area contributed by atoms with Crippen molar-refractivity contribution in [2.24, 2.45) is 0 Å². The van der Waals surface area contributed by atoms with Crippen molar-refractivity contribution in [1.82, 2.24) is 0 Å². The lowest BCUT2D eigenvalue weighted by molar-refractivity contribution is 0.0893. The second-order valence-electron chi connectivity index (χ2n) is 4.71. The molecular formula is C16H16O3. The minimum atomic E-state index is -0.200. The Kier molecular flexibility index (Phi) is 3.65. The van der Waals surface area contributed by atoms with Crippen molar-refractivity contribution in [2.45, 2.75) is 27.2 Å². The van der Waals surface area contributed by atoms with Gasteiger partial charge >= 0.3 is 0 Å². The van der Waals surface area contributed by atoms with Gasteiger partial charge < -0.3 is 4.42 Å². The van der Waals surface area contributed by atoms with Gasteiger partial charge in [-0.1, -0.05) is 12.1 Å². The summed E-state index contributed by atoms with van der Waals surface area (Å²) in [6.07, 6.45) is 1.34. The smallest absolute Gasteiger partial charge is 0.174 e. The number of Topliss-reactive ketones (excluding diaryl/α,β-unsaturated/α-hetero) is 2. The Morgan fingerprint density at radius 1 is 1.00 bits per heavy atom. The van der Waals surface area contributed by atoms with Gasteiger partial charge in [0, 0.05) is 5.56 Å². The van der Waals surface area contributed by atoms with Crippen molar-refractivity contribution < 1.29 is 14.0 Å². The molecule has 19 heavy (non-hydrogen) atoms. The summed E-state index contributed by atoms with van der Waals surface area (Å²) in [7, 11) is 0. The number of carbonyl (C=O) groups is 2. The minimum Gasteiger partial charge on any atom is -0.469 e. The lowest BCUT2D eigenvalue weighted by Gasteiger charge is -2.04. The van der Waals surface area contributed by atoms with Crippen molar-refractivity contribution in [2.75, 3.05) is 0 Å². The van der Waals surface area contributed by atoms with Gasteiger partial charge in [0.2, 0.25) is 0 Å². The average Bonchev–Trinajstić information content (AvgIpc) is 2.79. The van der Waals surface area contributed by atoms with Crippen LogP contribution in [0.3, 0.4) is 0 Å². The number of carbonyl (C=O) groups excluding carboxylic acids is 2. The molecule has 0 unspecified atom stereocenters. The summed E-state index contributed by atoms with van der Waals surface area (Å²) in [5.74, 6) is 0.195. The molecule has 0 fully saturated rings. The highest BCUT2D eigenvalue weighted by atomic mass is 16.3. The molecule has 3 nitrogen and oxygen atoms in total. The first-order chi connectivity index (χ1) is 8.99. The number of benzene rings is 1. The zero-order valence-corrected chi connectivity index (χ0v) is 11.3. The monoisotopic (exact) mass is 256 g/mol. The summed E-state index contributed by atoms with van der Waals surface area (Å²) < 4.78 is 5.08. The summed E-state index contributed by atoms with van der Waals surface area (Å²) in [5, 5.41) is 0. The Hall–Kier alpha value is -2.16. The van der Waals surface area contributed by atoms with Gasteiger partial charge in [-0.2, -0.15) is 0 Å². The van der Waals surface area contributed by atoms with Gasteiger partial charge in [0.05, 0.1) is 18.2 Å². The number of ketones is 2. The third-order valence-electron chi connectivity index (χ3n) is 3.31. The van der Waals surface area contributed by atoms with Crippen LogP contribution in [-0.2, 0) is 0 Å². The van der Waals surface area contributed by atoms with Crippen LogP contribution in [-0.4, -0.2) is 11.6 Å². The van der Waals surface area contributed by atoms with Crippen molar-refractivity contribution in [3.63, 3.8) is 0 Å². The van der Waals surface area contributed by atoms with Crippen LogP contribution in [0.5, 0.6) is 0 Å². The molecule has 1 aromatic carbocycles. The Labute approximate surface area is 112 Å². The van der Waals surface area contributed by atoms with E-state index in [-0.39, 0.29) is 18.0 Å². The molecule has 0 aliphatic carbocycles. The van der Waals surface area contributed by atoms with E-state index in [4.69, 9.17) is 4.42 Å². The summed E-state index contributed by atoms with van der Waals surface area (Å²) in [6, 6.07) is 7.09. The average molecular weight is 256 g/mol. The molecule has 2 rings (SSSR count). The van der Waals surface area contributed by atoms with Gasteiger partial charge in [0.25, 0.3) is 0 Å². The zero-order valence-electron chi connectivity index (χ0n) is 11.3. The van der Waals surface area contributed by atoms with Gasteiger partial charge in [-0.3, -0.25) is 9.59 Å². The van der Waals surface area contributed by atoms with E-state index in [9.17, 15) is 9.59 Å². The van der Waals surface area contributed by atoms with Crippen LogP contribution in [0.25, 0.3) is 0 Å². The second kappa shape index (κ2) is 5.22. The normalized spacial score (nSPS) is 10.5. The van der Waals surface area contributed by atoms with Gasteiger partial charge in [-0.05, 0) is 44.0 Å². The Morgan fingerprint density at radius 3 is 2.32 bits per heavy atom. The highest BCUT2D eigenvalue weighted by Crippen LogP contribution is 2.15. The largest absolute Gasteiger partial charge is 0.469 e. The quantitative estimate of drug-likeness (QED) is 0.619. The molecule has 1 heterocycles. The van der Waals surface area contributed by atoms with E-state index in [1.165, 1.54) is 6.26 Å². The van der Waals surface area contributed by atoms with E-state index >= 15 is 0 Å². The van der Waals surface area contributed by atoms with Crippen LogP contribution in [0.4, 0.5) is 0 Å². The molecule has 0 aliphatic heterocycles. The zero-order chi connectivity index (χ0) is 14.0. The van der Waals surface area contributed by atoms with E-state index in [1.54, 1.807) is 19.1 Å². The number of rotatable bonds is 4. The molecule has 0 radical (unpaired) electrons. The van der Waals surface area contributed by atoms with Gasteiger partial charge in [-0.25, -0.2) is 0 Å². The fourth-order valence-electron chi connectivity index (χ4n) is 1.93. The van der Waals surface area contributed by atoms with Gasteiger partial charge in [0.15, 0.2) is 11.6 Å². The van der Waals surface area contributed by atoms with E-state index in [0.29, 0.717) is 16.9 Å². The maximum atomic E-state index is 12.1. The standard InChI is InChI=1S/C16H16O3/c1-10-4-5-13(8-11(10)2)15(17)9-16(18)14-6-7-19-12(14)3/h4-8H,9H2,1-3H3. The Bertz CT molecular complexity index is 635. The Balaban J connectivity index is 2.15. The molecule has 0 aliphatic rings. The Morgan fingerprint density at radius 2 is 1.74 bits per heavy atom. The molecule has 98 valence electrons. The van der Waals surface area contributed by atoms with Crippen LogP contribution in [0, 0.1) is 20.8 Å². The first-order valence-electron chi connectivity index (χ1n) is 6.17. The lowest BCUT2D eigenvalue weighted by atomic mass is 9.99. The van der Waals surface area contributed by atoms with Crippen LogP contribution in [0.2, 0.25) is 0 Å². The number of hydrogen-bond acceptors (Lipinski definition) is 3. The fraction of sp³-hybridized carbons (Fsp3) is 0.250. The van der Waals surface area contributed by atoms with E-state index in [0.717, 1.165) is 11.1 Å². The summed E-state index contributed by atoms with van der Waals surface area (Å²) in [4.78, 5) is 24.1. The summed E-state index contributed by atoms with van der Waals surface area (Å²) >= 11 is 0. The number of furan rings is 1. The highest BCUT2D eigenvalue weighted by molar-refractivity contribution is 6.13. The molecule has 3 heteroatoms. The molecule has 1 aromatic heterocycles. The van der Waals surface area contributed by atoms with E-state index in [1.807, 2.05) is 26.0 Å². The lowest BCUT2D eigenvalue weighted by Crippen LogP contribution is -2.09. The fourth-order valence-corrected chi connectivity index (χ4v) is 1.93. The molecule has 0 bridgehead atoms. The third-order valence-corrected chi connectivity index (χ3v) is 3.31. The topological polar surface area (TPSA) is 47.3 Å². The third kappa shape index (κ3) is 2.81. The van der Waals surface area contributed by atoms with Crippen LogP contribution in [0.1, 0.15) is 44.0 Å². The van der Waals surface area contributed by atoms with Crippen molar-refractivity contribution >= 4 is 11.6 Å².